The van der Waals surface area contributed by atoms with E-state index >= 15 is 0 Å². The maximum absolute atomic E-state index is 11.0. The van der Waals surface area contributed by atoms with Crippen molar-refractivity contribution in [2.24, 2.45) is 5.73 Å². The van der Waals surface area contributed by atoms with Gasteiger partial charge in [-0.3, -0.25) is 10.1 Å². The first kappa shape index (κ1) is 17.7. The maximum atomic E-state index is 11.0. The van der Waals surface area contributed by atoms with E-state index in [9.17, 15) is 9.59 Å². The minimum atomic E-state index is -0.844. The summed E-state index contributed by atoms with van der Waals surface area (Å²) in [5, 5.41) is 1.96. The van der Waals surface area contributed by atoms with E-state index in [4.69, 9.17) is 10.5 Å². The van der Waals surface area contributed by atoms with E-state index in [2.05, 4.69) is 0 Å². The molecule has 3 N–H and O–H groups in total. The van der Waals surface area contributed by atoms with Gasteiger partial charge in [-0.1, -0.05) is 54.6 Å². The predicted molar refractivity (Wildman–Crippen MR) is 96.4 cm³/mol. The molecule has 25 heavy (non-hydrogen) atoms. The van der Waals surface area contributed by atoms with Crippen LogP contribution in [0.5, 0.6) is 11.5 Å². The average molecular weight is 334 g/mol. The van der Waals surface area contributed by atoms with Gasteiger partial charge in [0.05, 0.1) is 0 Å². The summed E-state index contributed by atoms with van der Waals surface area (Å²) in [7, 11) is 0. The zero-order valence-electron chi connectivity index (χ0n) is 13.5. The molecule has 0 fully saturated rings. The highest BCUT2D eigenvalue weighted by molar-refractivity contribution is 6.03. The lowest BCUT2D eigenvalue weighted by molar-refractivity contribution is 0.0966. The third-order valence-electron chi connectivity index (χ3n) is 2.99. The molecule has 0 spiro atoms. The molecular weight excluding hydrogens is 316 g/mol. The van der Waals surface area contributed by atoms with E-state index in [0.29, 0.717) is 5.56 Å². The first-order valence-corrected chi connectivity index (χ1v) is 7.59. The Bertz CT molecular complexity index is 753. The molecule has 0 saturated carbocycles. The van der Waals surface area contributed by atoms with Crippen molar-refractivity contribution in [3.63, 3.8) is 0 Å². The Hall–Kier alpha value is -3.60. The zero-order valence-corrected chi connectivity index (χ0v) is 13.5. The third kappa shape index (κ3) is 6.58. The first-order chi connectivity index (χ1) is 12.1. The van der Waals surface area contributed by atoms with Crippen LogP contribution in [0.2, 0.25) is 0 Å². The molecule has 126 valence electrons. The summed E-state index contributed by atoms with van der Waals surface area (Å²) >= 11 is 0. The van der Waals surface area contributed by atoms with Crippen molar-refractivity contribution >= 4 is 11.9 Å². The summed E-state index contributed by atoms with van der Waals surface area (Å²) in [5.74, 6) is 1.26. The fraction of sp³-hybridized carbons (Fsp3) is 0. The number of carbonyl (C=O) groups excluding carboxylic acids is 2. The van der Waals surface area contributed by atoms with Gasteiger partial charge in [-0.2, -0.15) is 0 Å². The topological polar surface area (TPSA) is 81.4 Å². The summed E-state index contributed by atoms with van der Waals surface area (Å²) in [4.78, 5) is 21.3. The molecule has 3 aromatic rings. The van der Waals surface area contributed by atoms with Crippen LogP contribution in [0.15, 0.2) is 91.0 Å². The molecule has 3 rings (SSSR count). The molecule has 0 bridgehead atoms. The van der Waals surface area contributed by atoms with Gasteiger partial charge in [0.15, 0.2) is 0 Å². The molecule has 0 aliphatic rings. The van der Waals surface area contributed by atoms with Gasteiger partial charge < -0.3 is 10.5 Å². The van der Waals surface area contributed by atoms with Gasteiger partial charge in [0.25, 0.3) is 5.91 Å². The van der Waals surface area contributed by atoms with Gasteiger partial charge in [0.1, 0.15) is 11.5 Å². The Balaban J connectivity index is 0.000000181. The number of benzene rings is 3. The number of hydrogen-bond acceptors (Lipinski definition) is 3. The average Bonchev–Trinajstić information content (AvgIpc) is 2.64. The standard InChI is InChI=1S/C12H10O.C8H8N2O2/c1-3-7-11(8-4-1)13-12-9-5-2-6-10-12;9-8(12)10-7(11)6-4-2-1-3-5-6/h1-10H;1-5H,(H3,9,10,11,12). The number of para-hydroxylation sites is 2. The molecule has 0 aliphatic carbocycles. The number of carbonyl (C=O) groups is 2. The van der Waals surface area contributed by atoms with Gasteiger partial charge in [-0.05, 0) is 36.4 Å². The Morgan fingerprint density at radius 1 is 0.680 bits per heavy atom. The first-order valence-electron chi connectivity index (χ1n) is 7.59. The van der Waals surface area contributed by atoms with Crippen LogP contribution < -0.4 is 15.8 Å². The van der Waals surface area contributed by atoms with E-state index in [-0.39, 0.29) is 0 Å². The van der Waals surface area contributed by atoms with Gasteiger partial charge in [0, 0.05) is 5.56 Å². The number of primary amides is 1. The van der Waals surface area contributed by atoms with Gasteiger partial charge in [-0.25, -0.2) is 4.79 Å². The number of nitrogens with one attached hydrogen (secondary N) is 1. The monoisotopic (exact) mass is 334 g/mol. The summed E-state index contributed by atoms with van der Waals surface area (Å²) < 4.78 is 5.58. The van der Waals surface area contributed by atoms with Crippen LogP contribution >= 0.6 is 0 Å². The van der Waals surface area contributed by atoms with Crippen molar-refractivity contribution in [2.75, 3.05) is 0 Å². The quantitative estimate of drug-likeness (QED) is 0.760. The van der Waals surface area contributed by atoms with E-state index in [0.717, 1.165) is 11.5 Å². The number of hydrogen-bond donors (Lipinski definition) is 2. The van der Waals surface area contributed by atoms with Crippen LogP contribution in [0, 0.1) is 0 Å². The number of nitrogens with two attached hydrogens (primary N) is 1. The van der Waals surface area contributed by atoms with Crippen LogP contribution in [0.25, 0.3) is 0 Å². The third-order valence-corrected chi connectivity index (χ3v) is 2.99. The molecule has 5 heteroatoms. The molecule has 0 saturated heterocycles. The molecule has 0 aromatic heterocycles. The van der Waals surface area contributed by atoms with Gasteiger partial charge >= 0.3 is 6.03 Å². The van der Waals surface area contributed by atoms with Crippen molar-refractivity contribution in [2.45, 2.75) is 0 Å². The van der Waals surface area contributed by atoms with Crippen molar-refractivity contribution < 1.29 is 14.3 Å². The van der Waals surface area contributed by atoms with Crippen molar-refractivity contribution in [1.29, 1.82) is 0 Å². The second-order valence-corrected chi connectivity index (χ2v) is 4.91. The van der Waals surface area contributed by atoms with Crippen LogP contribution in [-0.4, -0.2) is 11.9 Å². The molecule has 0 aliphatic heterocycles. The smallest absolute Gasteiger partial charge is 0.319 e. The predicted octanol–water partition coefficient (Wildman–Crippen LogP) is 3.97. The highest BCUT2D eigenvalue weighted by Gasteiger charge is 2.05. The summed E-state index contributed by atoms with van der Waals surface area (Å²) in [6.07, 6.45) is 0. The highest BCUT2D eigenvalue weighted by Crippen LogP contribution is 2.19. The lowest BCUT2D eigenvalue weighted by atomic mass is 10.2. The Labute approximate surface area is 146 Å². The van der Waals surface area contributed by atoms with E-state index in [1.54, 1.807) is 30.3 Å². The van der Waals surface area contributed by atoms with Crippen LogP contribution in [0.4, 0.5) is 4.79 Å². The number of imide groups is 1. The van der Waals surface area contributed by atoms with Crippen molar-refractivity contribution in [1.82, 2.24) is 5.32 Å². The normalized spacial score (nSPS) is 9.28. The fourth-order valence-corrected chi connectivity index (χ4v) is 1.89. The Kier molecular flexibility index (Phi) is 6.76. The summed E-state index contributed by atoms with van der Waals surface area (Å²) in [5.41, 5.74) is 5.17. The molecule has 5 nitrogen and oxygen atoms in total. The van der Waals surface area contributed by atoms with Gasteiger partial charge in [0.2, 0.25) is 0 Å². The zero-order chi connectivity index (χ0) is 17.9. The number of ether oxygens (including phenoxy) is 1. The van der Waals surface area contributed by atoms with Crippen molar-refractivity contribution in [3.8, 4) is 11.5 Å². The SMILES string of the molecule is NC(=O)NC(=O)c1ccccc1.c1ccc(Oc2ccccc2)cc1. The minimum absolute atomic E-state index is 0.413. The molecule has 3 amide bonds. The molecule has 0 atom stereocenters. The summed E-state index contributed by atoms with van der Waals surface area (Å²) in [6.45, 7) is 0. The minimum Gasteiger partial charge on any atom is -0.457 e. The number of amides is 3. The van der Waals surface area contributed by atoms with Gasteiger partial charge in [-0.15, -0.1) is 0 Å². The van der Waals surface area contributed by atoms with Crippen LogP contribution in [0.1, 0.15) is 10.4 Å². The lowest BCUT2D eigenvalue weighted by Gasteiger charge is -2.03. The Morgan fingerprint density at radius 2 is 1.08 bits per heavy atom. The number of urea groups is 1. The second-order valence-electron chi connectivity index (χ2n) is 4.91. The summed E-state index contributed by atoms with van der Waals surface area (Å²) in [6, 6.07) is 27.1. The largest absolute Gasteiger partial charge is 0.457 e. The molecule has 0 unspecified atom stereocenters. The van der Waals surface area contributed by atoms with Crippen LogP contribution in [-0.2, 0) is 0 Å². The van der Waals surface area contributed by atoms with Crippen molar-refractivity contribution in [3.05, 3.63) is 96.6 Å². The molecule has 0 radical (unpaired) electrons. The second kappa shape index (κ2) is 9.52. The maximum Gasteiger partial charge on any atom is 0.319 e. The highest BCUT2D eigenvalue weighted by atomic mass is 16.5. The van der Waals surface area contributed by atoms with E-state index in [1.165, 1.54) is 0 Å². The van der Waals surface area contributed by atoms with E-state index < -0.39 is 11.9 Å². The Morgan fingerprint density at radius 3 is 1.48 bits per heavy atom. The molecule has 0 heterocycles. The molecular formula is C20H18N2O3. The fourth-order valence-electron chi connectivity index (χ4n) is 1.89. The lowest BCUT2D eigenvalue weighted by Crippen LogP contribution is -2.34. The van der Waals surface area contributed by atoms with E-state index in [1.807, 2.05) is 66.0 Å². The van der Waals surface area contributed by atoms with Crippen LogP contribution in [0.3, 0.4) is 0 Å². The molecule has 3 aromatic carbocycles. The number of rotatable bonds is 3.